The van der Waals surface area contributed by atoms with Crippen LogP contribution in [0.25, 0.3) is 11.3 Å². The lowest BCUT2D eigenvalue weighted by atomic mass is 10.1. The van der Waals surface area contributed by atoms with Gasteiger partial charge in [-0.2, -0.15) is 10.2 Å². The largest absolute Gasteiger partial charge is 0.334 e. The normalized spacial score (nSPS) is 10.9. The van der Waals surface area contributed by atoms with Crippen molar-refractivity contribution in [3.63, 3.8) is 0 Å². The third-order valence-electron chi connectivity index (χ3n) is 3.76. The maximum absolute atomic E-state index is 12.6. The van der Waals surface area contributed by atoms with Crippen LogP contribution in [0.3, 0.4) is 0 Å². The number of halogens is 3. The average molecular weight is 443 g/mol. The maximum Gasteiger partial charge on any atom is 0.271 e. The number of aromatic nitrogens is 4. The van der Waals surface area contributed by atoms with Crippen molar-refractivity contribution in [1.29, 1.82) is 0 Å². The molecule has 0 saturated carbocycles. The van der Waals surface area contributed by atoms with Crippen LogP contribution in [0.2, 0.25) is 10.0 Å². The van der Waals surface area contributed by atoms with E-state index in [0.717, 1.165) is 10.2 Å². The number of rotatable bonds is 4. The molecule has 6 nitrogen and oxygen atoms in total. The zero-order valence-electron chi connectivity index (χ0n) is 13.4. The number of benzene rings is 1. The molecule has 0 unspecified atom stereocenters. The summed E-state index contributed by atoms with van der Waals surface area (Å²) in [6.45, 7) is 0.409. The molecule has 2 heterocycles. The first kappa shape index (κ1) is 18.0. The zero-order valence-corrected chi connectivity index (χ0v) is 16.5. The maximum atomic E-state index is 12.6. The van der Waals surface area contributed by atoms with E-state index < -0.39 is 0 Å². The molecular weight excluding hydrogens is 429 g/mol. The van der Waals surface area contributed by atoms with Crippen molar-refractivity contribution in [3.05, 3.63) is 56.4 Å². The number of aryl methyl sites for hydroxylation is 1. The summed E-state index contributed by atoms with van der Waals surface area (Å²) in [5, 5.41) is 12.1. The minimum Gasteiger partial charge on any atom is -0.334 e. The lowest BCUT2D eigenvalue weighted by Gasteiger charge is -2.16. The van der Waals surface area contributed by atoms with Crippen LogP contribution in [0.4, 0.5) is 0 Å². The number of hydrogen-bond donors (Lipinski definition) is 1. The summed E-state index contributed by atoms with van der Waals surface area (Å²) < 4.78 is 2.58. The second kappa shape index (κ2) is 7.19. The fourth-order valence-corrected chi connectivity index (χ4v) is 3.36. The molecular formula is C16H14BrCl2N5O. The van der Waals surface area contributed by atoms with Gasteiger partial charge in [-0.15, -0.1) is 0 Å². The molecule has 1 aromatic carbocycles. The number of H-pyrrole nitrogens is 1. The monoisotopic (exact) mass is 441 g/mol. The standard InChI is InChI=1S/C16H14BrCl2N5O/c1-23(8-15-11(17)7-20-24(15)2)16(25)14-6-13(21-22-14)10-4-3-9(18)5-12(10)19/h3-7H,8H2,1-2H3,(H,21,22). The SMILES string of the molecule is CN(Cc1c(Br)cnn1C)C(=O)c1cc(-c2ccc(Cl)cc2Cl)n[nH]1. The Morgan fingerprint density at radius 2 is 2.12 bits per heavy atom. The molecule has 1 N–H and O–H groups in total. The van der Waals surface area contributed by atoms with Crippen molar-refractivity contribution in [3.8, 4) is 11.3 Å². The van der Waals surface area contributed by atoms with E-state index in [1.165, 1.54) is 0 Å². The summed E-state index contributed by atoms with van der Waals surface area (Å²) in [5.74, 6) is -0.183. The van der Waals surface area contributed by atoms with Crippen LogP contribution < -0.4 is 0 Å². The highest BCUT2D eigenvalue weighted by molar-refractivity contribution is 9.10. The molecule has 0 bridgehead atoms. The van der Waals surface area contributed by atoms with Gasteiger partial charge in [0.25, 0.3) is 5.91 Å². The average Bonchev–Trinajstić information content (AvgIpc) is 3.16. The van der Waals surface area contributed by atoms with E-state index in [1.807, 2.05) is 7.05 Å². The quantitative estimate of drug-likeness (QED) is 0.659. The molecule has 0 aliphatic rings. The van der Waals surface area contributed by atoms with E-state index >= 15 is 0 Å². The first-order valence-corrected chi connectivity index (χ1v) is 8.84. The molecule has 0 spiro atoms. The van der Waals surface area contributed by atoms with Gasteiger partial charge in [0.15, 0.2) is 0 Å². The Morgan fingerprint density at radius 1 is 1.36 bits per heavy atom. The van der Waals surface area contributed by atoms with Crippen LogP contribution in [-0.2, 0) is 13.6 Å². The third-order valence-corrected chi connectivity index (χ3v) is 4.97. The van der Waals surface area contributed by atoms with Crippen LogP contribution in [0.1, 0.15) is 16.2 Å². The number of nitrogens with zero attached hydrogens (tertiary/aromatic N) is 4. The molecule has 25 heavy (non-hydrogen) atoms. The Labute approximate surface area is 162 Å². The van der Waals surface area contributed by atoms with Gasteiger partial charge in [-0.3, -0.25) is 14.6 Å². The Balaban J connectivity index is 1.80. The smallest absolute Gasteiger partial charge is 0.271 e. The Hall–Kier alpha value is -1.83. The fourth-order valence-electron chi connectivity index (χ4n) is 2.38. The molecule has 0 aliphatic heterocycles. The van der Waals surface area contributed by atoms with Crippen molar-refractivity contribution in [2.24, 2.45) is 7.05 Å². The number of carbonyl (C=O) groups is 1. The molecule has 130 valence electrons. The number of carbonyl (C=O) groups excluding carboxylic acids is 1. The summed E-state index contributed by atoms with van der Waals surface area (Å²) in [6.07, 6.45) is 1.70. The number of amides is 1. The van der Waals surface area contributed by atoms with Gasteiger partial charge in [-0.25, -0.2) is 0 Å². The Kier molecular flexibility index (Phi) is 5.17. The lowest BCUT2D eigenvalue weighted by molar-refractivity contribution is 0.0776. The molecule has 3 aromatic rings. The van der Waals surface area contributed by atoms with Gasteiger partial charge >= 0.3 is 0 Å². The second-order valence-corrected chi connectivity index (χ2v) is 7.21. The highest BCUT2D eigenvalue weighted by atomic mass is 79.9. The minimum atomic E-state index is -0.183. The molecule has 0 atom stereocenters. The molecule has 3 rings (SSSR count). The van der Waals surface area contributed by atoms with E-state index in [1.54, 1.807) is 47.1 Å². The summed E-state index contributed by atoms with van der Waals surface area (Å²) in [7, 11) is 3.55. The fraction of sp³-hybridized carbons (Fsp3) is 0.188. The van der Waals surface area contributed by atoms with Crippen molar-refractivity contribution in [1.82, 2.24) is 24.9 Å². The lowest BCUT2D eigenvalue weighted by Crippen LogP contribution is -2.27. The summed E-state index contributed by atoms with van der Waals surface area (Å²) in [4.78, 5) is 14.2. The van der Waals surface area contributed by atoms with Crippen molar-refractivity contribution in [2.75, 3.05) is 7.05 Å². The predicted octanol–water partition coefficient (Wildman–Crippen LogP) is 4.15. The first-order chi connectivity index (χ1) is 11.9. The third kappa shape index (κ3) is 3.73. The molecule has 9 heteroatoms. The predicted molar refractivity (Wildman–Crippen MR) is 101 cm³/mol. The van der Waals surface area contributed by atoms with E-state index in [9.17, 15) is 4.79 Å². The number of aromatic amines is 1. The van der Waals surface area contributed by atoms with Crippen molar-refractivity contribution < 1.29 is 4.79 Å². The topological polar surface area (TPSA) is 66.8 Å². The molecule has 0 radical (unpaired) electrons. The van der Waals surface area contributed by atoms with Crippen LogP contribution in [0.15, 0.2) is 34.9 Å². The summed E-state index contributed by atoms with van der Waals surface area (Å²) >= 11 is 15.5. The highest BCUT2D eigenvalue weighted by Gasteiger charge is 2.19. The summed E-state index contributed by atoms with van der Waals surface area (Å²) in [6, 6.07) is 6.81. The summed E-state index contributed by atoms with van der Waals surface area (Å²) in [5.41, 5.74) is 2.57. The van der Waals surface area contributed by atoms with Gasteiger partial charge in [-0.1, -0.05) is 23.2 Å². The van der Waals surface area contributed by atoms with Gasteiger partial charge in [0.2, 0.25) is 0 Å². The van der Waals surface area contributed by atoms with E-state index in [2.05, 4.69) is 31.2 Å². The van der Waals surface area contributed by atoms with E-state index in [0.29, 0.717) is 33.5 Å². The number of hydrogen-bond acceptors (Lipinski definition) is 3. The van der Waals surface area contributed by atoms with Gasteiger partial charge < -0.3 is 4.90 Å². The van der Waals surface area contributed by atoms with E-state index in [4.69, 9.17) is 23.2 Å². The minimum absolute atomic E-state index is 0.183. The molecule has 1 amide bonds. The van der Waals surface area contributed by atoms with Crippen molar-refractivity contribution in [2.45, 2.75) is 6.54 Å². The van der Waals surface area contributed by atoms with Gasteiger partial charge in [0.05, 0.1) is 33.6 Å². The van der Waals surface area contributed by atoms with Gasteiger partial charge in [-0.05, 0) is 40.2 Å². The zero-order chi connectivity index (χ0) is 18.1. The van der Waals surface area contributed by atoms with E-state index in [-0.39, 0.29) is 5.91 Å². The van der Waals surface area contributed by atoms with Gasteiger partial charge in [0, 0.05) is 24.7 Å². The molecule has 2 aromatic heterocycles. The molecule has 0 aliphatic carbocycles. The first-order valence-electron chi connectivity index (χ1n) is 7.29. The van der Waals surface area contributed by atoms with Crippen LogP contribution in [0.5, 0.6) is 0 Å². The Morgan fingerprint density at radius 3 is 2.76 bits per heavy atom. The van der Waals surface area contributed by atoms with Gasteiger partial charge in [0.1, 0.15) is 5.69 Å². The number of nitrogens with one attached hydrogen (secondary N) is 1. The molecule has 0 fully saturated rings. The molecule has 0 saturated heterocycles. The van der Waals surface area contributed by atoms with Crippen LogP contribution in [0, 0.1) is 0 Å². The second-order valence-electron chi connectivity index (χ2n) is 5.52. The van der Waals surface area contributed by atoms with Crippen LogP contribution >= 0.6 is 39.1 Å². The van der Waals surface area contributed by atoms with Crippen LogP contribution in [-0.4, -0.2) is 37.8 Å². The Bertz CT molecular complexity index is 917. The highest BCUT2D eigenvalue weighted by Crippen LogP contribution is 2.29. The van der Waals surface area contributed by atoms with Crippen molar-refractivity contribution >= 4 is 45.0 Å².